The first-order valence-corrected chi connectivity index (χ1v) is 9.68. The van der Waals surface area contributed by atoms with Crippen molar-refractivity contribution in [2.24, 2.45) is 0 Å². The lowest BCUT2D eigenvalue weighted by molar-refractivity contribution is -0.120. The summed E-state index contributed by atoms with van der Waals surface area (Å²) in [6.45, 7) is 0. The number of fused-ring (bicyclic) bond motifs is 2. The van der Waals surface area contributed by atoms with Crippen LogP contribution >= 0.6 is 0 Å². The standard InChI is InChI=1S/C25H14O3/c26-23-14-5-1-3-12(14)21-19-16(23)9-7-11-8-10-17-20(18(11)19)22(25(21)28)13-4-2-6-15(13)24(17)27/h1-4,7-10,21-22H,5-6H2. The molecule has 2 aromatic carbocycles. The van der Waals surface area contributed by atoms with Crippen LogP contribution in [0.4, 0.5) is 0 Å². The summed E-state index contributed by atoms with van der Waals surface area (Å²) in [7, 11) is 0. The topological polar surface area (TPSA) is 51.2 Å². The van der Waals surface area contributed by atoms with Crippen molar-refractivity contribution in [3.8, 4) is 0 Å². The van der Waals surface area contributed by atoms with Crippen molar-refractivity contribution < 1.29 is 14.4 Å². The van der Waals surface area contributed by atoms with E-state index in [4.69, 9.17) is 0 Å². The van der Waals surface area contributed by atoms with Crippen LogP contribution in [0.15, 0.2) is 70.9 Å². The normalized spacial score (nSPS) is 25.9. The Labute approximate surface area is 160 Å². The van der Waals surface area contributed by atoms with Crippen LogP contribution in [0.2, 0.25) is 0 Å². The summed E-state index contributed by atoms with van der Waals surface area (Å²) in [6.07, 6.45) is 9.07. The lowest BCUT2D eigenvalue weighted by atomic mass is 9.62. The number of ketones is 3. The zero-order chi connectivity index (χ0) is 18.7. The van der Waals surface area contributed by atoms with Crippen LogP contribution in [0.1, 0.15) is 56.5 Å². The first-order chi connectivity index (χ1) is 13.7. The molecule has 7 rings (SSSR count). The fraction of sp³-hybridized carbons (Fsp3) is 0.160. The van der Waals surface area contributed by atoms with Gasteiger partial charge in [-0.2, -0.15) is 0 Å². The third-order valence-corrected chi connectivity index (χ3v) is 7.01. The van der Waals surface area contributed by atoms with Gasteiger partial charge in [0.2, 0.25) is 0 Å². The zero-order valence-electron chi connectivity index (χ0n) is 14.9. The molecule has 0 heterocycles. The summed E-state index contributed by atoms with van der Waals surface area (Å²) in [5.41, 5.74) is 6.16. The van der Waals surface area contributed by atoms with Crippen molar-refractivity contribution in [3.63, 3.8) is 0 Å². The van der Waals surface area contributed by atoms with Crippen LogP contribution in [0.5, 0.6) is 0 Å². The number of allylic oxidation sites excluding steroid dienone is 8. The quantitative estimate of drug-likeness (QED) is 0.694. The lowest BCUT2D eigenvalue weighted by Gasteiger charge is -2.38. The van der Waals surface area contributed by atoms with Gasteiger partial charge in [-0.15, -0.1) is 0 Å². The molecule has 2 atom stereocenters. The van der Waals surface area contributed by atoms with Gasteiger partial charge in [0.25, 0.3) is 0 Å². The minimum Gasteiger partial charge on any atom is -0.298 e. The van der Waals surface area contributed by atoms with E-state index in [9.17, 15) is 14.4 Å². The van der Waals surface area contributed by atoms with Gasteiger partial charge >= 0.3 is 0 Å². The van der Waals surface area contributed by atoms with Gasteiger partial charge in [-0.3, -0.25) is 14.4 Å². The molecule has 0 spiro atoms. The second kappa shape index (κ2) is 4.56. The molecule has 0 radical (unpaired) electrons. The van der Waals surface area contributed by atoms with Crippen molar-refractivity contribution in [2.75, 3.05) is 0 Å². The first kappa shape index (κ1) is 14.7. The molecule has 132 valence electrons. The van der Waals surface area contributed by atoms with Crippen LogP contribution in [0.3, 0.4) is 0 Å². The zero-order valence-corrected chi connectivity index (χ0v) is 14.9. The van der Waals surface area contributed by atoms with E-state index < -0.39 is 11.8 Å². The molecule has 0 amide bonds. The Morgan fingerprint density at radius 1 is 0.679 bits per heavy atom. The maximum atomic E-state index is 13.9. The smallest absolute Gasteiger partial charge is 0.189 e. The van der Waals surface area contributed by atoms with Gasteiger partial charge < -0.3 is 0 Å². The molecule has 0 fully saturated rings. The van der Waals surface area contributed by atoms with E-state index in [0.717, 1.165) is 44.2 Å². The van der Waals surface area contributed by atoms with Gasteiger partial charge in [0.1, 0.15) is 0 Å². The molecular formula is C25H14O3. The molecule has 3 nitrogen and oxygen atoms in total. The Morgan fingerprint density at radius 2 is 1.18 bits per heavy atom. The van der Waals surface area contributed by atoms with Crippen LogP contribution in [0.25, 0.3) is 10.8 Å². The van der Waals surface area contributed by atoms with E-state index in [2.05, 4.69) is 0 Å². The summed E-state index contributed by atoms with van der Waals surface area (Å²) in [5, 5.41) is 1.95. The number of benzene rings is 2. The summed E-state index contributed by atoms with van der Waals surface area (Å²) < 4.78 is 0. The minimum atomic E-state index is -0.408. The minimum absolute atomic E-state index is 0.0276. The highest BCUT2D eigenvalue weighted by Gasteiger charge is 2.49. The summed E-state index contributed by atoms with van der Waals surface area (Å²) in [5.74, 6) is -0.658. The Hall–Kier alpha value is -3.33. The number of carbonyl (C=O) groups is 3. The number of hydrogen-bond donors (Lipinski definition) is 0. The van der Waals surface area contributed by atoms with Crippen molar-refractivity contribution in [1.29, 1.82) is 0 Å². The SMILES string of the molecule is O=C1C2=C(C=CC2)C2C(=O)C3C4=C(CC=C4)C(=O)c4ccc5ccc1c2c5c43. The molecule has 0 saturated heterocycles. The van der Waals surface area contributed by atoms with Gasteiger partial charge in [-0.1, -0.05) is 48.6 Å². The highest BCUT2D eigenvalue weighted by Crippen LogP contribution is 2.55. The molecule has 0 saturated carbocycles. The predicted molar refractivity (Wildman–Crippen MR) is 105 cm³/mol. The van der Waals surface area contributed by atoms with E-state index in [0.29, 0.717) is 24.0 Å². The van der Waals surface area contributed by atoms with Gasteiger partial charge in [0.05, 0.1) is 11.8 Å². The monoisotopic (exact) mass is 362 g/mol. The van der Waals surface area contributed by atoms with Crippen LogP contribution in [-0.2, 0) is 4.79 Å². The van der Waals surface area contributed by atoms with E-state index in [1.165, 1.54) is 0 Å². The molecule has 5 aliphatic carbocycles. The van der Waals surface area contributed by atoms with Crippen molar-refractivity contribution >= 4 is 28.1 Å². The van der Waals surface area contributed by atoms with Gasteiger partial charge in [-0.25, -0.2) is 0 Å². The molecule has 0 aliphatic heterocycles. The fourth-order valence-electron chi connectivity index (χ4n) is 5.90. The molecule has 28 heavy (non-hydrogen) atoms. The molecule has 0 bridgehead atoms. The molecule has 3 heteroatoms. The summed E-state index contributed by atoms with van der Waals surface area (Å²) in [4.78, 5) is 40.2. The maximum Gasteiger partial charge on any atom is 0.189 e. The van der Waals surface area contributed by atoms with Crippen LogP contribution in [-0.4, -0.2) is 17.3 Å². The highest BCUT2D eigenvalue weighted by molar-refractivity contribution is 6.25. The fourth-order valence-corrected chi connectivity index (χ4v) is 5.90. The molecule has 2 unspecified atom stereocenters. The lowest BCUT2D eigenvalue weighted by Crippen LogP contribution is -2.35. The predicted octanol–water partition coefficient (Wildman–Crippen LogP) is 4.50. The highest BCUT2D eigenvalue weighted by atomic mass is 16.1. The molecule has 0 aromatic heterocycles. The molecule has 0 N–H and O–H groups in total. The molecule has 2 aromatic rings. The van der Waals surface area contributed by atoms with Crippen LogP contribution < -0.4 is 0 Å². The molecule has 5 aliphatic rings. The van der Waals surface area contributed by atoms with Gasteiger partial charge in [-0.05, 0) is 45.9 Å². The van der Waals surface area contributed by atoms with E-state index in [1.807, 2.05) is 48.6 Å². The number of hydrogen-bond acceptors (Lipinski definition) is 3. The Bertz CT molecular complexity index is 1260. The Morgan fingerprint density at radius 3 is 1.68 bits per heavy atom. The van der Waals surface area contributed by atoms with E-state index >= 15 is 0 Å². The van der Waals surface area contributed by atoms with Gasteiger partial charge in [0, 0.05) is 22.3 Å². The number of rotatable bonds is 0. The maximum absolute atomic E-state index is 13.9. The Balaban J connectivity index is 1.70. The van der Waals surface area contributed by atoms with Crippen molar-refractivity contribution in [2.45, 2.75) is 24.7 Å². The first-order valence-electron chi connectivity index (χ1n) is 9.68. The van der Waals surface area contributed by atoms with Crippen molar-refractivity contribution in [3.05, 3.63) is 93.1 Å². The largest absolute Gasteiger partial charge is 0.298 e. The van der Waals surface area contributed by atoms with Crippen molar-refractivity contribution in [1.82, 2.24) is 0 Å². The third kappa shape index (κ3) is 1.42. The van der Waals surface area contributed by atoms with E-state index in [-0.39, 0.29) is 17.3 Å². The number of Topliss-reactive ketones (excluding diaryl/α,β-unsaturated/α-hetero) is 3. The van der Waals surface area contributed by atoms with Crippen LogP contribution in [0, 0.1) is 0 Å². The number of carbonyl (C=O) groups excluding carboxylic acids is 3. The second-order valence-corrected chi connectivity index (χ2v) is 8.16. The average molecular weight is 362 g/mol. The summed E-state index contributed by atoms with van der Waals surface area (Å²) in [6, 6.07) is 7.64. The third-order valence-electron chi connectivity index (χ3n) is 7.01. The van der Waals surface area contributed by atoms with Gasteiger partial charge in [0.15, 0.2) is 17.3 Å². The second-order valence-electron chi connectivity index (χ2n) is 8.16. The summed E-state index contributed by atoms with van der Waals surface area (Å²) >= 11 is 0. The molecular weight excluding hydrogens is 348 g/mol. The average Bonchev–Trinajstić information content (AvgIpc) is 3.37. The Kier molecular flexibility index (Phi) is 2.39. The van der Waals surface area contributed by atoms with E-state index in [1.54, 1.807) is 0 Å².